The third kappa shape index (κ3) is 3.33. The summed E-state index contributed by atoms with van der Waals surface area (Å²) in [5.74, 6) is 0. The van der Waals surface area contributed by atoms with Crippen molar-refractivity contribution in [1.29, 1.82) is 0 Å². The van der Waals surface area contributed by atoms with Crippen LogP contribution in [-0.2, 0) is 19.5 Å². The van der Waals surface area contributed by atoms with Gasteiger partial charge < -0.3 is 10.2 Å². The quantitative estimate of drug-likeness (QED) is 0.774. The number of benzene rings is 2. The van der Waals surface area contributed by atoms with Gasteiger partial charge in [-0.1, -0.05) is 36.4 Å². The number of fused-ring (bicyclic) bond motifs is 1. The maximum Gasteiger partial charge on any atom is 0.322 e. The molecule has 1 N–H and O–H groups in total. The van der Waals surface area contributed by atoms with E-state index in [4.69, 9.17) is 0 Å². The zero-order chi connectivity index (χ0) is 17.9. The maximum atomic E-state index is 12.6. The molecule has 5 nitrogen and oxygen atoms in total. The van der Waals surface area contributed by atoms with E-state index in [2.05, 4.69) is 35.5 Å². The molecule has 0 saturated carbocycles. The number of amides is 2. The molecule has 2 heterocycles. The topological polar surface area (TPSA) is 50.2 Å². The van der Waals surface area contributed by atoms with Gasteiger partial charge in [0.25, 0.3) is 0 Å². The first-order chi connectivity index (χ1) is 12.7. The zero-order valence-corrected chi connectivity index (χ0v) is 14.9. The van der Waals surface area contributed by atoms with Crippen LogP contribution in [0.15, 0.2) is 60.9 Å². The van der Waals surface area contributed by atoms with E-state index in [-0.39, 0.29) is 6.03 Å². The molecule has 2 aromatic carbocycles. The van der Waals surface area contributed by atoms with Crippen LogP contribution in [0.25, 0.3) is 11.1 Å². The van der Waals surface area contributed by atoms with Gasteiger partial charge in [0.05, 0.1) is 6.20 Å². The van der Waals surface area contributed by atoms with Crippen molar-refractivity contribution in [3.8, 4) is 11.1 Å². The highest BCUT2D eigenvalue weighted by Gasteiger charge is 2.20. The number of nitrogens with one attached hydrogen (secondary N) is 1. The molecule has 1 aliphatic rings. The monoisotopic (exact) mass is 346 g/mol. The lowest BCUT2D eigenvalue weighted by molar-refractivity contribution is 0.206. The average Bonchev–Trinajstić information content (AvgIpc) is 3.17. The highest BCUT2D eigenvalue weighted by Crippen LogP contribution is 2.22. The molecule has 0 atom stereocenters. The highest BCUT2D eigenvalue weighted by molar-refractivity contribution is 5.89. The van der Waals surface area contributed by atoms with E-state index in [1.54, 1.807) is 0 Å². The molecule has 0 unspecified atom stereocenters. The standard InChI is InChI=1S/C21H22N4O/c1-2-25-15-19(13-22-25)17-7-9-20(10-8-17)23-21(26)24-12-11-16-5-3-4-6-18(16)14-24/h3-10,13,15H,2,11-12,14H2,1H3,(H,23,26). The summed E-state index contributed by atoms with van der Waals surface area (Å²) in [6.45, 7) is 4.33. The molecule has 4 rings (SSSR count). The Morgan fingerprint density at radius 1 is 1.08 bits per heavy atom. The van der Waals surface area contributed by atoms with Crippen LogP contribution in [0.2, 0.25) is 0 Å². The largest absolute Gasteiger partial charge is 0.322 e. The van der Waals surface area contributed by atoms with E-state index in [1.807, 2.05) is 52.3 Å². The lowest BCUT2D eigenvalue weighted by Gasteiger charge is -2.29. The average molecular weight is 346 g/mol. The van der Waals surface area contributed by atoms with E-state index < -0.39 is 0 Å². The first-order valence-corrected chi connectivity index (χ1v) is 8.98. The third-order valence-corrected chi connectivity index (χ3v) is 4.84. The summed E-state index contributed by atoms with van der Waals surface area (Å²) >= 11 is 0. The van der Waals surface area contributed by atoms with Gasteiger partial charge in [0, 0.05) is 37.1 Å². The fraction of sp³-hybridized carbons (Fsp3) is 0.238. The summed E-state index contributed by atoms with van der Waals surface area (Å²) in [6.07, 6.45) is 4.80. The van der Waals surface area contributed by atoms with E-state index in [0.717, 1.165) is 36.3 Å². The normalized spacial score (nSPS) is 13.3. The number of hydrogen-bond donors (Lipinski definition) is 1. The van der Waals surface area contributed by atoms with Crippen molar-refractivity contribution in [2.45, 2.75) is 26.4 Å². The van der Waals surface area contributed by atoms with Gasteiger partial charge in [-0.2, -0.15) is 5.10 Å². The number of rotatable bonds is 3. The van der Waals surface area contributed by atoms with Crippen LogP contribution < -0.4 is 5.32 Å². The van der Waals surface area contributed by atoms with E-state index in [1.165, 1.54) is 11.1 Å². The van der Waals surface area contributed by atoms with Gasteiger partial charge in [-0.05, 0) is 42.2 Å². The molecule has 0 fully saturated rings. The fourth-order valence-corrected chi connectivity index (χ4v) is 3.30. The number of carbonyl (C=O) groups excluding carboxylic acids is 1. The van der Waals surface area contributed by atoms with Crippen LogP contribution in [0, 0.1) is 0 Å². The van der Waals surface area contributed by atoms with Crippen molar-refractivity contribution in [2.75, 3.05) is 11.9 Å². The summed E-state index contributed by atoms with van der Waals surface area (Å²) in [5, 5.41) is 7.31. The van der Waals surface area contributed by atoms with Gasteiger partial charge in [0.1, 0.15) is 0 Å². The molecule has 2 amide bonds. The molecule has 0 spiro atoms. The van der Waals surface area contributed by atoms with E-state index >= 15 is 0 Å². The Hall–Kier alpha value is -3.08. The summed E-state index contributed by atoms with van der Waals surface area (Å²) < 4.78 is 1.90. The van der Waals surface area contributed by atoms with Crippen LogP contribution in [0.1, 0.15) is 18.1 Å². The molecule has 0 bridgehead atoms. The van der Waals surface area contributed by atoms with Crippen molar-refractivity contribution in [3.63, 3.8) is 0 Å². The van der Waals surface area contributed by atoms with Crippen LogP contribution >= 0.6 is 0 Å². The van der Waals surface area contributed by atoms with E-state index in [9.17, 15) is 4.79 Å². The number of hydrogen-bond acceptors (Lipinski definition) is 2. The van der Waals surface area contributed by atoms with E-state index in [0.29, 0.717) is 6.54 Å². The summed E-state index contributed by atoms with van der Waals surface area (Å²) in [7, 11) is 0. The van der Waals surface area contributed by atoms with Gasteiger partial charge in [0.15, 0.2) is 0 Å². The second-order valence-electron chi connectivity index (χ2n) is 6.53. The Morgan fingerprint density at radius 2 is 1.85 bits per heavy atom. The number of carbonyl (C=O) groups is 1. The molecule has 5 heteroatoms. The molecule has 3 aromatic rings. The molecule has 0 aliphatic carbocycles. The minimum absolute atomic E-state index is 0.0499. The number of anilines is 1. The lowest BCUT2D eigenvalue weighted by Crippen LogP contribution is -2.38. The number of urea groups is 1. The second-order valence-corrected chi connectivity index (χ2v) is 6.53. The summed E-state index contributed by atoms with van der Waals surface area (Å²) in [6, 6.07) is 16.2. The maximum absolute atomic E-state index is 12.6. The van der Waals surface area contributed by atoms with Crippen LogP contribution in [0.4, 0.5) is 10.5 Å². The predicted molar refractivity (Wildman–Crippen MR) is 103 cm³/mol. The summed E-state index contributed by atoms with van der Waals surface area (Å²) in [5.41, 5.74) is 5.55. The Balaban J connectivity index is 1.42. The first-order valence-electron chi connectivity index (χ1n) is 8.98. The Morgan fingerprint density at radius 3 is 2.58 bits per heavy atom. The number of aryl methyl sites for hydroxylation is 1. The molecule has 1 aromatic heterocycles. The van der Waals surface area contributed by atoms with Gasteiger partial charge in [-0.25, -0.2) is 4.79 Å². The minimum Gasteiger partial charge on any atom is -0.320 e. The summed E-state index contributed by atoms with van der Waals surface area (Å²) in [4.78, 5) is 14.4. The third-order valence-electron chi connectivity index (χ3n) is 4.84. The minimum atomic E-state index is -0.0499. The first kappa shape index (κ1) is 16.4. The molecule has 1 aliphatic heterocycles. The Bertz CT molecular complexity index is 914. The van der Waals surface area contributed by atoms with Crippen molar-refractivity contribution in [2.24, 2.45) is 0 Å². The van der Waals surface area contributed by atoms with Crippen molar-refractivity contribution in [1.82, 2.24) is 14.7 Å². The highest BCUT2D eigenvalue weighted by atomic mass is 16.2. The fourth-order valence-electron chi connectivity index (χ4n) is 3.30. The van der Waals surface area contributed by atoms with Crippen molar-refractivity contribution < 1.29 is 4.79 Å². The van der Waals surface area contributed by atoms with Crippen LogP contribution in [-0.4, -0.2) is 27.3 Å². The number of aromatic nitrogens is 2. The van der Waals surface area contributed by atoms with Crippen molar-refractivity contribution >= 4 is 11.7 Å². The molecular formula is C21H22N4O. The van der Waals surface area contributed by atoms with Gasteiger partial charge in [-0.3, -0.25) is 4.68 Å². The SMILES string of the molecule is CCn1cc(-c2ccc(NC(=O)N3CCc4ccccc4C3)cc2)cn1. The van der Waals surface area contributed by atoms with Gasteiger partial charge in [0.2, 0.25) is 0 Å². The van der Waals surface area contributed by atoms with Gasteiger partial charge in [-0.15, -0.1) is 0 Å². The molecule has 26 heavy (non-hydrogen) atoms. The molecule has 132 valence electrons. The predicted octanol–water partition coefficient (Wildman–Crippen LogP) is 4.16. The Kier molecular flexibility index (Phi) is 4.44. The van der Waals surface area contributed by atoms with Crippen molar-refractivity contribution in [3.05, 3.63) is 72.1 Å². The second kappa shape index (κ2) is 7.04. The lowest BCUT2D eigenvalue weighted by atomic mass is 10.0. The number of nitrogens with zero attached hydrogens (tertiary/aromatic N) is 3. The van der Waals surface area contributed by atoms with Gasteiger partial charge >= 0.3 is 6.03 Å². The zero-order valence-electron chi connectivity index (χ0n) is 14.9. The molecular weight excluding hydrogens is 324 g/mol. The molecule has 0 saturated heterocycles. The van der Waals surface area contributed by atoms with Crippen LogP contribution in [0.3, 0.4) is 0 Å². The molecule has 0 radical (unpaired) electrons. The smallest absolute Gasteiger partial charge is 0.320 e. The van der Waals surface area contributed by atoms with Crippen LogP contribution in [0.5, 0.6) is 0 Å². The Labute approximate surface area is 153 Å².